The highest BCUT2D eigenvalue weighted by atomic mass is 16.4. The number of pyridine rings is 1. The van der Waals surface area contributed by atoms with Gasteiger partial charge in [-0.15, -0.1) is 0 Å². The van der Waals surface area contributed by atoms with E-state index in [-0.39, 0.29) is 22.9 Å². The second-order valence-corrected chi connectivity index (χ2v) is 10.7. The molecule has 5 rings (SSSR count). The number of oxime groups is 1. The van der Waals surface area contributed by atoms with Gasteiger partial charge in [0.1, 0.15) is 5.60 Å². The quantitative estimate of drug-likeness (QED) is 0.389. The molecule has 162 valence electrons. The van der Waals surface area contributed by atoms with E-state index in [0.29, 0.717) is 30.4 Å². The Labute approximate surface area is 178 Å². The fraction of sp³-hybridized carbons (Fsp3) is 0.680. The van der Waals surface area contributed by atoms with Crippen molar-refractivity contribution in [3.63, 3.8) is 0 Å². The van der Waals surface area contributed by atoms with Crippen LogP contribution >= 0.6 is 0 Å². The van der Waals surface area contributed by atoms with E-state index in [1.807, 2.05) is 18.2 Å². The zero-order chi connectivity index (χ0) is 21.1. The Hall–Kier alpha value is -1.72. The minimum atomic E-state index is -1.17. The highest BCUT2D eigenvalue weighted by molar-refractivity contribution is 5.96. The summed E-state index contributed by atoms with van der Waals surface area (Å²) in [7, 11) is 0. The molecule has 0 spiro atoms. The lowest BCUT2D eigenvalue weighted by atomic mass is 9.46. The summed E-state index contributed by atoms with van der Waals surface area (Å²) in [6.45, 7) is 4.61. The molecule has 5 nitrogen and oxygen atoms in total. The maximum atomic E-state index is 12.0. The standard InChI is InChI=1S/C25H34N2O3/c1-23-10-8-18(28)13-16(23)6-7-19-20(23)9-11-24(2)21(19)14-22(27-30)25(24,29)15-17-5-3-4-12-26-17/h3-6,12,18-21,28-30H,7-11,13-15H2,1-2H3/b27-22+/t18-,19+,20-,21-,23-,24-,25-/m0/s1. The van der Waals surface area contributed by atoms with Crippen molar-refractivity contribution in [3.8, 4) is 0 Å². The van der Waals surface area contributed by atoms with Crippen LogP contribution in [0, 0.1) is 28.6 Å². The monoisotopic (exact) mass is 410 g/mol. The van der Waals surface area contributed by atoms with Crippen LogP contribution in [0.25, 0.3) is 0 Å². The zero-order valence-electron chi connectivity index (χ0n) is 18.1. The summed E-state index contributed by atoms with van der Waals surface area (Å²) in [5.74, 6) is 1.33. The molecule has 0 bridgehead atoms. The Bertz CT molecular complexity index is 884. The second kappa shape index (κ2) is 6.89. The van der Waals surface area contributed by atoms with E-state index in [4.69, 9.17) is 0 Å². The summed E-state index contributed by atoms with van der Waals surface area (Å²) in [6, 6.07) is 5.77. The van der Waals surface area contributed by atoms with Gasteiger partial charge in [0.2, 0.25) is 0 Å². The Morgan fingerprint density at radius 2 is 1.97 bits per heavy atom. The first-order valence-corrected chi connectivity index (χ1v) is 11.5. The first kappa shape index (κ1) is 20.2. The van der Waals surface area contributed by atoms with Crippen LogP contribution in [0.4, 0.5) is 0 Å². The van der Waals surface area contributed by atoms with Crippen molar-refractivity contribution in [1.29, 1.82) is 0 Å². The molecule has 0 unspecified atom stereocenters. The van der Waals surface area contributed by atoms with E-state index in [1.165, 1.54) is 5.57 Å². The number of allylic oxidation sites excluding steroid dienone is 1. The molecule has 7 atom stereocenters. The maximum Gasteiger partial charge on any atom is 0.117 e. The zero-order valence-corrected chi connectivity index (χ0v) is 18.1. The summed E-state index contributed by atoms with van der Waals surface area (Å²) in [5.41, 5.74) is 1.47. The van der Waals surface area contributed by atoms with E-state index in [2.05, 4.69) is 30.1 Å². The number of aromatic nitrogens is 1. The number of aliphatic hydroxyl groups is 2. The molecule has 3 fully saturated rings. The molecule has 1 aromatic heterocycles. The van der Waals surface area contributed by atoms with Gasteiger partial charge < -0.3 is 15.4 Å². The van der Waals surface area contributed by atoms with E-state index in [9.17, 15) is 15.4 Å². The number of rotatable bonds is 2. The first-order chi connectivity index (χ1) is 14.3. The SMILES string of the molecule is C[C@]12CC[C@H](O)CC1=CC[C@@H]1[C@@H]2CC[C@@]2(C)[C@H]1C/C(=N\O)[C@@]2(O)Cc1ccccn1. The highest BCUT2D eigenvalue weighted by Gasteiger charge is 2.66. The number of aliphatic hydroxyl groups excluding tert-OH is 1. The Morgan fingerprint density at radius 3 is 2.70 bits per heavy atom. The average molecular weight is 411 g/mol. The summed E-state index contributed by atoms with van der Waals surface area (Å²) in [4.78, 5) is 4.45. The van der Waals surface area contributed by atoms with Crippen LogP contribution in [0.1, 0.15) is 64.5 Å². The molecule has 1 aromatic rings. The molecule has 0 aromatic carbocycles. The van der Waals surface area contributed by atoms with Gasteiger partial charge in [0.05, 0.1) is 11.8 Å². The predicted molar refractivity (Wildman–Crippen MR) is 115 cm³/mol. The van der Waals surface area contributed by atoms with Crippen LogP contribution in [0.15, 0.2) is 41.2 Å². The van der Waals surface area contributed by atoms with E-state index >= 15 is 0 Å². The lowest BCUT2D eigenvalue weighted by molar-refractivity contribution is -0.108. The summed E-state index contributed by atoms with van der Waals surface area (Å²) in [6.07, 6.45) is 10.7. The van der Waals surface area contributed by atoms with Gasteiger partial charge in [0.15, 0.2) is 0 Å². The van der Waals surface area contributed by atoms with Crippen molar-refractivity contribution >= 4 is 5.71 Å². The molecular formula is C25H34N2O3. The molecule has 1 heterocycles. The predicted octanol–water partition coefficient (Wildman–Crippen LogP) is 4.12. The average Bonchev–Trinajstić information content (AvgIpc) is 2.96. The van der Waals surface area contributed by atoms with E-state index < -0.39 is 5.60 Å². The lowest BCUT2D eigenvalue weighted by Gasteiger charge is -2.58. The van der Waals surface area contributed by atoms with Crippen LogP contribution in [0.2, 0.25) is 0 Å². The van der Waals surface area contributed by atoms with Gasteiger partial charge in [0, 0.05) is 23.7 Å². The summed E-state index contributed by atoms with van der Waals surface area (Å²) >= 11 is 0. The Balaban J connectivity index is 1.51. The van der Waals surface area contributed by atoms with Crippen molar-refractivity contribution in [2.75, 3.05) is 0 Å². The minimum Gasteiger partial charge on any atom is -0.411 e. The molecule has 3 N–H and O–H groups in total. The van der Waals surface area contributed by atoms with Crippen molar-refractivity contribution in [1.82, 2.24) is 4.98 Å². The molecule has 4 aliphatic rings. The van der Waals surface area contributed by atoms with Crippen LogP contribution in [-0.2, 0) is 6.42 Å². The minimum absolute atomic E-state index is 0.154. The van der Waals surface area contributed by atoms with Gasteiger partial charge in [-0.2, -0.15) is 0 Å². The van der Waals surface area contributed by atoms with Crippen molar-refractivity contribution < 1.29 is 15.4 Å². The van der Waals surface area contributed by atoms with Gasteiger partial charge in [-0.25, -0.2) is 0 Å². The van der Waals surface area contributed by atoms with Crippen molar-refractivity contribution in [2.24, 2.45) is 33.7 Å². The normalized spacial score (nSPS) is 46.7. The summed E-state index contributed by atoms with van der Waals surface area (Å²) in [5, 5.41) is 35.7. The topological polar surface area (TPSA) is 85.9 Å². The fourth-order valence-corrected chi connectivity index (χ4v) is 7.75. The number of fused-ring (bicyclic) bond motifs is 5. The molecule has 0 radical (unpaired) electrons. The molecule has 5 heteroatoms. The third-order valence-electron chi connectivity index (χ3n) is 9.59. The smallest absolute Gasteiger partial charge is 0.117 e. The van der Waals surface area contributed by atoms with Gasteiger partial charge in [-0.1, -0.05) is 36.7 Å². The van der Waals surface area contributed by atoms with Crippen molar-refractivity contribution in [2.45, 2.75) is 76.9 Å². The van der Waals surface area contributed by atoms with Crippen LogP contribution in [0.5, 0.6) is 0 Å². The molecule has 4 aliphatic carbocycles. The van der Waals surface area contributed by atoms with Crippen molar-refractivity contribution in [3.05, 3.63) is 41.7 Å². The molecule has 0 saturated heterocycles. The second-order valence-electron chi connectivity index (χ2n) is 10.7. The first-order valence-electron chi connectivity index (χ1n) is 11.5. The molecule has 30 heavy (non-hydrogen) atoms. The number of nitrogens with zero attached hydrogens (tertiary/aromatic N) is 2. The third kappa shape index (κ3) is 2.67. The van der Waals surface area contributed by atoms with E-state index in [1.54, 1.807) is 6.20 Å². The van der Waals surface area contributed by atoms with Crippen LogP contribution < -0.4 is 0 Å². The summed E-state index contributed by atoms with van der Waals surface area (Å²) < 4.78 is 0. The number of hydrogen-bond donors (Lipinski definition) is 3. The molecule has 0 aliphatic heterocycles. The molecular weight excluding hydrogens is 376 g/mol. The van der Waals surface area contributed by atoms with Gasteiger partial charge in [-0.05, 0) is 80.2 Å². The lowest BCUT2D eigenvalue weighted by Crippen LogP contribution is -2.56. The maximum absolute atomic E-state index is 12.0. The van der Waals surface area contributed by atoms with Gasteiger partial charge >= 0.3 is 0 Å². The third-order valence-corrected chi connectivity index (χ3v) is 9.59. The van der Waals surface area contributed by atoms with Gasteiger partial charge in [-0.3, -0.25) is 4.98 Å². The van der Waals surface area contributed by atoms with Crippen LogP contribution in [0.3, 0.4) is 0 Å². The highest BCUT2D eigenvalue weighted by Crippen LogP contribution is 2.66. The largest absolute Gasteiger partial charge is 0.411 e. The van der Waals surface area contributed by atoms with Crippen LogP contribution in [-0.4, -0.2) is 37.8 Å². The number of hydrogen-bond acceptors (Lipinski definition) is 5. The molecule has 3 saturated carbocycles. The van der Waals surface area contributed by atoms with Gasteiger partial charge in [0.25, 0.3) is 0 Å². The fourth-order valence-electron chi connectivity index (χ4n) is 7.75. The Morgan fingerprint density at radius 1 is 1.13 bits per heavy atom. The van der Waals surface area contributed by atoms with E-state index in [0.717, 1.165) is 44.2 Å². The molecule has 0 amide bonds. The Kier molecular flexibility index (Phi) is 4.64.